The lowest BCUT2D eigenvalue weighted by atomic mass is 10.3. The fourth-order valence-electron chi connectivity index (χ4n) is 1.83. The van der Waals surface area contributed by atoms with Crippen LogP contribution >= 0.6 is 11.8 Å². The van der Waals surface area contributed by atoms with Crippen molar-refractivity contribution in [3.05, 3.63) is 46.3 Å². The Morgan fingerprint density at radius 2 is 2.23 bits per heavy atom. The van der Waals surface area contributed by atoms with Crippen molar-refractivity contribution in [2.75, 3.05) is 5.84 Å². The molecule has 10 heteroatoms. The molecule has 0 saturated heterocycles. The molecule has 22 heavy (non-hydrogen) atoms. The highest BCUT2D eigenvalue weighted by Crippen LogP contribution is 2.34. The lowest BCUT2D eigenvalue weighted by molar-refractivity contribution is -0.388. The zero-order valence-electron chi connectivity index (χ0n) is 11.3. The largest absolute Gasteiger partial charge is 0.461 e. The Balaban J connectivity index is 1.99. The molecular formula is C12H10N6O3S. The number of nitro groups is 1. The van der Waals surface area contributed by atoms with Crippen LogP contribution in [-0.2, 0) is 0 Å². The van der Waals surface area contributed by atoms with E-state index in [4.69, 9.17) is 10.3 Å². The van der Waals surface area contributed by atoms with Crippen LogP contribution in [0, 0.1) is 17.0 Å². The first-order valence-corrected chi connectivity index (χ1v) is 6.92. The Bertz CT molecular complexity index is 830. The van der Waals surface area contributed by atoms with Crippen molar-refractivity contribution in [1.29, 1.82) is 0 Å². The predicted molar refractivity (Wildman–Crippen MR) is 77.6 cm³/mol. The average Bonchev–Trinajstić information content (AvgIpc) is 3.09. The third-order valence-corrected chi connectivity index (χ3v) is 3.82. The zero-order valence-corrected chi connectivity index (χ0v) is 12.1. The van der Waals surface area contributed by atoms with Crippen molar-refractivity contribution >= 4 is 17.4 Å². The number of furan rings is 1. The minimum Gasteiger partial charge on any atom is -0.461 e. The molecule has 2 N–H and O–H groups in total. The lowest BCUT2D eigenvalue weighted by Gasteiger charge is -2.04. The van der Waals surface area contributed by atoms with Crippen LogP contribution in [0.2, 0.25) is 0 Å². The molecule has 0 bridgehead atoms. The van der Waals surface area contributed by atoms with E-state index in [1.807, 2.05) is 0 Å². The van der Waals surface area contributed by atoms with E-state index in [9.17, 15) is 10.1 Å². The minimum absolute atomic E-state index is 0.0740. The van der Waals surface area contributed by atoms with Gasteiger partial charge in [-0.25, -0.2) is 9.66 Å². The van der Waals surface area contributed by atoms with E-state index in [1.165, 1.54) is 17.1 Å². The second kappa shape index (κ2) is 5.48. The first-order valence-electron chi connectivity index (χ1n) is 6.10. The van der Waals surface area contributed by atoms with Gasteiger partial charge in [0.2, 0.25) is 11.0 Å². The molecule has 3 heterocycles. The average molecular weight is 318 g/mol. The highest BCUT2D eigenvalue weighted by molar-refractivity contribution is 7.99. The molecule has 3 rings (SSSR count). The molecular weight excluding hydrogens is 308 g/mol. The fourth-order valence-corrected chi connectivity index (χ4v) is 2.71. The predicted octanol–water partition coefficient (Wildman–Crippen LogP) is 2.01. The van der Waals surface area contributed by atoms with Gasteiger partial charge in [0.1, 0.15) is 0 Å². The van der Waals surface area contributed by atoms with Crippen LogP contribution in [0.5, 0.6) is 0 Å². The van der Waals surface area contributed by atoms with E-state index in [2.05, 4.69) is 15.2 Å². The van der Waals surface area contributed by atoms with Crippen LogP contribution in [-0.4, -0.2) is 24.8 Å². The topological polar surface area (TPSA) is 126 Å². The number of rotatable bonds is 4. The van der Waals surface area contributed by atoms with E-state index in [0.29, 0.717) is 17.1 Å². The maximum atomic E-state index is 11.2. The maximum absolute atomic E-state index is 11.2. The molecule has 0 radical (unpaired) electrons. The smallest absolute Gasteiger partial charge is 0.304 e. The summed E-state index contributed by atoms with van der Waals surface area (Å²) in [6.45, 7) is 1.64. The number of nitrogens with zero attached hydrogens (tertiary/aromatic N) is 5. The van der Waals surface area contributed by atoms with Gasteiger partial charge in [0.05, 0.1) is 11.2 Å². The van der Waals surface area contributed by atoms with Gasteiger partial charge < -0.3 is 10.3 Å². The van der Waals surface area contributed by atoms with Gasteiger partial charge in [0.15, 0.2) is 10.8 Å². The highest BCUT2D eigenvalue weighted by Gasteiger charge is 2.23. The van der Waals surface area contributed by atoms with Gasteiger partial charge in [-0.15, -0.1) is 10.2 Å². The molecule has 3 aromatic heterocycles. The van der Waals surface area contributed by atoms with Crippen LogP contribution in [0.15, 0.2) is 45.3 Å². The first-order chi connectivity index (χ1) is 10.6. The summed E-state index contributed by atoms with van der Waals surface area (Å²) in [6.07, 6.45) is 2.99. The van der Waals surface area contributed by atoms with E-state index in [1.54, 1.807) is 25.1 Å². The third-order valence-electron chi connectivity index (χ3n) is 2.87. The molecule has 0 aromatic carbocycles. The summed E-state index contributed by atoms with van der Waals surface area (Å²) >= 11 is 0.971. The number of aryl methyl sites for hydroxylation is 1. The molecule has 0 aliphatic carbocycles. The summed E-state index contributed by atoms with van der Waals surface area (Å²) in [6, 6.07) is 4.96. The molecule has 0 spiro atoms. The Morgan fingerprint density at radius 3 is 2.91 bits per heavy atom. The summed E-state index contributed by atoms with van der Waals surface area (Å²) in [5, 5.41) is 19.5. The van der Waals surface area contributed by atoms with Crippen LogP contribution < -0.4 is 5.84 Å². The minimum atomic E-state index is -0.477. The molecule has 0 amide bonds. The molecule has 0 atom stereocenters. The molecule has 112 valence electrons. The zero-order chi connectivity index (χ0) is 15.7. The third kappa shape index (κ3) is 2.39. The Morgan fingerprint density at radius 1 is 1.41 bits per heavy atom. The highest BCUT2D eigenvalue weighted by atomic mass is 32.2. The van der Waals surface area contributed by atoms with Crippen LogP contribution in [0.25, 0.3) is 11.6 Å². The number of hydrogen-bond donors (Lipinski definition) is 1. The van der Waals surface area contributed by atoms with Crippen molar-refractivity contribution in [3.8, 4) is 11.6 Å². The van der Waals surface area contributed by atoms with Crippen LogP contribution in [0.3, 0.4) is 0 Å². The molecule has 3 aromatic rings. The Kier molecular flexibility index (Phi) is 3.51. The summed E-state index contributed by atoms with van der Waals surface area (Å²) < 4.78 is 6.41. The van der Waals surface area contributed by atoms with E-state index >= 15 is 0 Å². The van der Waals surface area contributed by atoms with Crippen LogP contribution in [0.4, 0.5) is 5.69 Å². The van der Waals surface area contributed by atoms with E-state index < -0.39 is 4.92 Å². The van der Waals surface area contributed by atoms with Gasteiger partial charge in [-0.1, -0.05) is 0 Å². The lowest BCUT2D eigenvalue weighted by Crippen LogP contribution is -2.11. The van der Waals surface area contributed by atoms with Gasteiger partial charge in [0.25, 0.3) is 0 Å². The summed E-state index contributed by atoms with van der Waals surface area (Å²) in [7, 11) is 0. The number of aromatic nitrogens is 4. The fraction of sp³-hybridized carbons (Fsp3) is 0.0833. The SMILES string of the molecule is Cc1ccnc(Sc2nnc(-c3ccco3)n2N)c1[N+](=O)[O-]. The van der Waals surface area contributed by atoms with Gasteiger partial charge >= 0.3 is 5.69 Å². The maximum Gasteiger partial charge on any atom is 0.304 e. The second-order valence-electron chi connectivity index (χ2n) is 4.29. The van der Waals surface area contributed by atoms with E-state index in [-0.39, 0.29) is 15.9 Å². The summed E-state index contributed by atoms with van der Waals surface area (Å²) in [5.74, 6) is 6.69. The monoisotopic (exact) mass is 318 g/mol. The van der Waals surface area contributed by atoms with E-state index in [0.717, 1.165) is 11.8 Å². The van der Waals surface area contributed by atoms with Crippen molar-refractivity contribution in [3.63, 3.8) is 0 Å². The molecule has 0 unspecified atom stereocenters. The molecule has 0 aliphatic rings. The summed E-state index contributed by atoms with van der Waals surface area (Å²) in [5.41, 5.74) is 0.437. The molecule has 9 nitrogen and oxygen atoms in total. The number of hydrogen-bond acceptors (Lipinski definition) is 8. The Hall–Kier alpha value is -2.88. The van der Waals surface area contributed by atoms with Gasteiger partial charge in [-0.05, 0) is 36.9 Å². The summed E-state index contributed by atoms with van der Waals surface area (Å²) in [4.78, 5) is 14.7. The van der Waals surface area contributed by atoms with Crippen molar-refractivity contribution in [1.82, 2.24) is 19.9 Å². The number of nitrogens with two attached hydrogens (primary N) is 1. The molecule has 0 fully saturated rings. The van der Waals surface area contributed by atoms with Gasteiger partial charge in [-0.3, -0.25) is 10.1 Å². The quantitative estimate of drug-likeness (QED) is 0.440. The van der Waals surface area contributed by atoms with Crippen molar-refractivity contribution < 1.29 is 9.34 Å². The number of pyridine rings is 1. The van der Waals surface area contributed by atoms with Gasteiger partial charge in [-0.2, -0.15) is 0 Å². The van der Waals surface area contributed by atoms with Crippen LogP contribution in [0.1, 0.15) is 5.56 Å². The van der Waals surface area contributed by atoms with Crippen molar-refractivity contribution in [2.24, 2.45) is 0 Å². The van der Waals surface area contributed by atoms with Crippen molar-refractivity contribution in [2.45, 2.75) is 17.1 Å². The molecule has 0 saturated carbocycles. The number of nitrogen functional groups attached to an aromatic ring is 1. The normalized spacial score (nSPS) is 10.8. The first kappa shape index (κ1) is 14.1. The molecule has 0 aliphatic heterocycles. The Labute approximate surface area is 128 Å². The van der Waals surface area contributed by atoms with Gasteiger partial charge in [0, 0.05) is 11.8 Å². The second-order valence-corrected chi connectivity index (χ2v) is 5.25. The standard InChI is InChI=1S/C12H10N6O3S/c1-7-4-5-14-11(9(7)18(19)20)22-12-16-15-10(17(12)13)8-3-2-6-21-8/h2-6H,13H2,1H3.